The molecular formula is C7H17N3O. The Morgan fingerprint density at radius 3 is 2.55 bits per heavy atom. The fraction of sp³-hybridized carbons (Fsp3) is 0.857. The standard InChI is InChI=1S/C7H17N3O/c1-5(4-11)6(2)10-7(8)9-3/h5-6,11H,4H2,1-3H3,(H3,8,9,10). The van der Waals surface area contributed by atoms with E-state index < -0.39 is 0 Å². The summed E-state index contributed by atoms with van der Waals surface area (Å²) in [5, 5.41) is 11.7. The fourth-order valence-corrected chi connectivity index (χ4v) is 0.598. The molecule has 4 heteroatoms. The van der Waals surface area contributed by atoms with Gasteiger partial charge in [-0.05, 0) is 12.8 Å². The van der Waals surface area contributed by atoms with E-state index in [1.807, 2.05) is 13.8 Å². The van der Waals surface area contributed by atoms with Crippen molar-refractivity contribution in [2.24, 2.45) is 16.6 Å². The summed E-state index contributed by atoms with van der Waals surface area (Å²) in [5.41, 5.74) is 5.42. The van der Waals surface area contributed by atoms with Crippen LogP contribution in [-0.2, 0) is 0 Å². The van der Waals surface area contributed by atoms with Crippen LogP contribution in [0.15, 0.2) is 4.99 Å². The third-order valence-electron chi connectivity index (χ3n) is 1.76. The lowest BCUT2D eigenvalue weighted by Gasteiger charge is -2.19. The second kappa shape index (κ2) is 4.96. The van der Waals surface area contributed by atoms with E-state index in [1.165, 1.54) is 0 Å². The minimum Gasteiger partial charge on any atom is -0.396 e. The van der Waals surface area contributed by atoms with Crippen molar-refractivity contribution in [2.45, 2.75) is 19.9 Å². The number of guanidine groups is 1. The quantitative estimate of drug-likeness (QED) is 0.385. The van der Waals surface area contributed by atoms with Crippen molar-refractivity contribution in [1.29, 1.82) is 0 Å². The molecular weight excluding hydrogens is 142 g/mol. The number of aliphatic hydroxyl groups excluding tert-OH is 1. The van der Waals surface area contributed by atoms with E-state index in [0.29, 0.717) is 5.96 Å². The van der Waals surface area contributed by atoms with Crippen molar-refractivity contribution in [3.05, 3.63) is 0 Å². The summed E-state index contributed by atoms with van der Waals surface area (Å²) < 4.78 is 0. The lowest BCUT2D eigenvalue weighted by atomic mass is 10.1. The molecule has 0 saturated carbocycles. The molecule has 4 N–H and O–H groups in total. The van der Waals surface area contributed by atoms with Crippen LogP contribution in [-0.4, -0.2) is 30.8 Å². The molecule has 2 atom stereocenters. The van der Waals surface area contributed by atoms with Crippen LogP contribution in [0.1, 0.15) is 13.8 Å². The monoisotopic (exact) mass is 159 g/mol. The van der Waals surface area contributed by atoms with Gasteiger partial charge in [-0.2, -0.15) is 0 Å². The van der Waals surface area contributed by atoms with E-state index in [4.69, 9.17) is 10.8 Å². The maximum atomic E-state index is 8.77. The topological polar surface area (TPSA) is 70.6 Å². The number of aliphatic hydroxyl groups is 1. The van der Waals surface area contributed by atoms with Gasteiger partial charge in [0.15, 0.2) is 5.96 Å². The molecule has 2 unspecified atom stereocenters. The van der Waals surface area contributed by atoms with Gasteiger partial charge in [-0.1, -0.05) is 6.92 Å². The molecule has 0 saturated heterocycles. The normalized spacial score (nSPS) is 17.6. The Kier molecular flexibility index (Phi) is 4.61. The second-order valence-electron chi connectivity index (χ2n) is 2.70. The van der Waals surface area contributed by atoms with Gasteiger partial charge in [0.1, 0.15) is 0 Å². The van der Waals surface area contributed by atoms with Crippen molar-refractivity contribution in [3.8, 4) is 0 Å². The van der Waals surface area contributed by atoms with E-state index in [2.05, 4.69) is 10.3 Å². The van der Waals surface area contributed by atoms with Gasteiger partial charge in [0.25, 0.3) is 0 Å². The number of hydrogen-bond acceptors (Lipinski definition) is 2. The fourth-order valence-electron chi connectivity index (χ4n) is 0.598. The van der Waals surface area contributed by atoms with Gasteiger partial charge in [-0.25, -0.2) is 0 Å². The summed E-state index contributed by atoms with van der Waals surface area (Å²) in [6, 6.07) is 0.156. The molecule has 0 radical (unpaired) electrons. The summed E-state index contributed by atoms with van der Waals surface area (Å²) in [6.07, 6.45) is 0. The van der Waals surface area contributed by atoms with Crippen molar-refractivity contribution >= 4 is 5.96 Å². The molecule has 4 nitrogen and oxygen atoms in total. The van der Waals surface area contributed by atoms with Gasteiger partial charge in [0, 0.05) is 19.7 Å². The van der Waals surface area contributed by atoms with E-state index >= 15 is 0 Å². The van der Waals surface area contributed by atoms with Crippen LogP contribution in [0.25, 0.3) is 0 Å². The molecule has 0 heterocycles. The molecule has 0 bridgehead atoms. The summed E-state index contributed by atoms with van der Waals surface area (Å²) >= 11 is 0. The third-order valence-corrected chi connectivity index (χ3v) is 1.76. The number of nitrogens with one attached hydrogen (secondary N) is 1. The van der Waals surface area contributed by atoms with Gasteiger partial charge in [-0.15, -0.1) is 0 Å². The SMILES string of the molecule is CN=C(N)NC(C)C(C)CO. The molecule has 0 aromatic heterocycles. The maximum Gasteiger partial charge on any atom is 0.188 e. The van der Waals surface area contributed by atoms with Gasteiger partial charge < -0.3 is 16.2 Å². The Hall–Kier alpha value is -0.770. The van der Waals surface area contributed by atoms with Crippen molar-refractivity contribution in [1.82, 2.24) is 5.32 Å². The molecule has 0 amide bonds. The zero-order valence-corrected chi connectivity index (χ0v) is 7.33. The molecule has 0 aromatic carbocycles. The molecule has 0 aliphatic rings. The molecule has 11 heavy (non-hydrogen) atoms. The highest BCUT2D eigenvalue weighted by Gasteiger charge is 2.10. The minimum atomic E-state index is 0.156. The Bertz CT molecular complexity index is 136. The Labute approximate surface area is 67.5 Å². The van der Waals surface area contributed by atoms with Crippen molar-refractivity contribution in [2.75, 3.05) is 13.7 Å². The predicted octanol–water partition coefficient (Wildman–Crippen LogP) is -0.463. The summed E-state index contributed by atoms with van der Waals surface area (Å²) in [6.45, 7) is 4.06. The van der Waals surface area contributed by atoms with Crippen molar-refractivity contribution in [3.63, 3.8) is 0 Å². The highest BCUT2D eigenvalue weighted by Crippen LogP contribution is 1.99. The third kappa shape index (κ3) is 3.83. The Morgan fingerprint density at radius 2 is 2.18 bits per heavy atom. The van der Waals surface area contributed by atoms with E-state index in [1.54, 1.807) is 7.05 Å². The maximum absolute atomic E-state index is 8.77. The second-order valence-corrected chi connectivity index (χ2v) is 2.70. The number of nitrogens with two attached hydrogens (primary N) is 1. The Morgan fingerprint density at radius 1 is 1.64 bits per heavy atom. The van der Waals surface area contributed by atoms with E-state index in [0.717, 1.165) is 0 Å². The number of rotatable bonds is 3. The Balaban J connectivity index is 3.76. The minimum absolute atomic E-state index is 0.156. The average Bonchev–Trinajstić information content (AvgIpc) is 2.02. The van der Waals surface area contributed by atoms with Crippen LogP contribution in [0.5, 0.6) is 0 Å². The highest BCUT2D eigenvalue weighted by atomic mass is 16.3. The number of hydrogen-bond donors (Lipinski definition) is 3. The van der Waals surface area contributed by atoms with E-state index in [-0.39, 0.29) is 18.6 Å². The van der Waals surface area contributed by atoms with Crippen LogP contribution in [0.2, 0.25) is 0 Å². The predicted molar refractivity (Wildman–Crippen MR) is 46.4 cm³/mol. The van der Waals surface area contributed by atoms with Gasteiger partial charge in [-0.3, -0.25) is 4.99 Å². The smallest absolute Gasteiger partial charge is 0.188 e. The zero-order valence-electron chi connectivity index (χ0n) is 7.33. The van der Waals surface area contributed by atoms with Crippen LogP contribution in [0.4, 0.5) is 0 Å². The average molecular weight is 159 g/mol. The molecule has 0 spiro atoms. The first kappa shape index (κ1) is 10.2. The first-order chi connectivity index (χ1) is 5.11. The van der Waals surface area contributed by atoms with Gasteiger partial charge >= 0.3 is 0 Å². The molecule has 66 valence electrons. The lowest BCUT2D eigenvalue weighted by molar-refractivity contribution is 0.215. The summed E-state index contributed by atoms with van der Waals surface area (Å²) in [7, 11) is 1.62. The van der Waals surface area contributed by atoms with Crippen LogP contribution < -0.4 is 11.1 Å². The van der Waals surface area contributed by atoms with Gasteiger partial charge in [0.2, 0.25) is 0 Å². The van der Waals surface area contributed by atoms with Crippen LogP contribution >= 0.6 is 0 Å². The first-order valence-corrected chi connectivity index (χ1v) is 3.71. The molecule has 0 aromatic rings. The summed E-state index contributed by atoms with van der Waals surface area (Å²) in [5.74, 6) is 0.605. The number of nitrogens with zero attached hydrogens (tertiary/aromatic N) is 1. The van der Waals surface area contributed by atoms with E-state index in [9.17, 15) is 0 Å². The van der Waals surface area contributed by atoms with Crippen molar-refractivity contribution < 1.29 is 5.11 Å². The molecule has 0 aliphatic carbocycles. The molecule has 0 aliphatic heterocycles. The first-order valence-electron chi connectivity index (χ1n) is 3.71. The number of aliphatic imine (C=N–C) groups is 1. The van der Waals surface area contributed by atoms with Gasteiger partial charge in [0.05, 0.1) is 0 Å². The van der Waals surface area contributed by atoms with Crippen LogP contribution in [0, 0.1) is 5.92 Å². The zero-order chi connectivity index (χ0) is 8.85. The summed E-state index contributed by atoms with van der Waals surface area (Å²) in [4.78, 5) is 3.75. The molecule has 0 rings (SSSR count). The largest absolute Gasteiger partial charge is 0.396 e. The molecule has 0 fully saturated rings. The highest BCUT2D eigenvalue weighted by molar-refractivity contribution is 5.77. The van der Waals surface area contributed by atoms with Crippen LogP contribution in [0.3, 0.4) is 0 Å². The lowest BCUT2D eigenvalue weighted by Crippen LogP contribution is -2.42.